The highest BCUT2D eigenvalue weighted by molar-refractivity contribution is 9.09. The first-order valence-electron chi connectivity index (χ1n) is 6.15. The molecule has 1 nitrogen and oxygen atoms in total. The average Bonchev–Trinajstić information content (AvgIpc) is 2.19. The minimum atomic E-state index is 0.343. The van der Waals surface area contributed by atoms with E-state index in [4.69, 9.17) is 0 Å². The van der Waals surface area contributed by atoms with Gasteiger partial charge >= 0.3 is 0 Å². The molecule has 1 N–H and O–H groups in total. The molecule has 1 saturated carbocycles. The van der Waals surface area contributed by atoms with Crippen molar-refractivity contribution in [2.45, 2.75) is 46.5 Å². The minimum absolute atomic E-state index is 0.343. The van der Waals surface area contributed by atoms with Crippen LogP contribution in [0.1, 0.15) is 46.5 Å². The highest BCUT2D eigenvalue weighted by Gasteiger charge is 2.32. The average molecular weight is 277 g/mol. The molecule has 1 rings (SSSR count). The molecule has 0 aromatic carbocycles. The van der Waals surface area contributed by atoms with Gasteiger partial charge in [0, 0.05) is 11.9 Å². The third-order valence-electron chi connectivity index (χ3n) is 4.10. The molecule has 2 heteroatoms. The summed E-state index contributed by atoms with van der Waals surface area (Å²) in [5.74, 6) is 2.10. The zero-order chi connectivity index (χ0) is 11.5. The third kappa shape index (κ3) is 3.74. The minimum Gasteiger partial charge on any atom is -0.396 e. The van der Waals surface area contributed by atoms with Crippen LogP contribution in [0.5, 0.6) is 0 Å². The van der Waals surface area contributed by atoms with E-state index < -0.39 is 0 Å². The van der Waals surface area contributed by atoms with E-state index in [-0.39, 0.29) is 0 Å². The van der Waals surface area contributed by atoms with Gasteiger partial charge in [0.15, 0.2) is 0 Å². The molecule has 0 bridgehead atoms. The van der Waals surface area contributed by atoms with Crippen LogP contribution < -0.4 is 0 Å². The lowest BCUT2D eigenvalue weighted by atomic mass is 9.68. The molecule has 0 spiro atoms. The number of hydrogen-bond acceptors (Lipinski definition) is 1. The molecule has 0 aliphatic heterocycles. The fourth-order valence-electron chi connectivity index (χ4n) is 2.78. The Morgan fingerprint density at radius 2 is 1.73 bits per heavy atom. The van der Waals surface area contributed by atoms with Crippen LogP contribution in [0.4, 0.5) is 0 Å². The highest BCUT2D eigenvalue weighted by atomic mass is 79.9. The maximum atomic E-state index is 9.27. The molecule has 0 amide bonds. The van der Waals surface area contributed by atoms with Crippen molar-refractivity contribution >= 4 is 15.9 Å². The number of rotatable bonds is 3. The molecule has 1 atom stereocenters. The van der Waals surface area contributed by atoms with Gasteiger partial charge in [-0.05, 0) is 48.9 Å². The van der Waals surface area contributed by atoms with E-state index in [0.29, 0.717) is 17.9 Å². The second-order valence-electron chi connectivity index (χ2n) is 6.07. The van der Waals surface area contributed by atoms with Gasteiger partial charge in [0.25, 0.3) is 0 Å². The van der Waals surface area contributed by atoms with Crippen molar-refractivity contribution in [2.75, 3.05) is 11.9 Å². The van der Waals surface area contributed by atoms with Crippen molar-refractivity contribution in [1.29, 1.82) is 0 Å². The summed E-state index contributed by atoms with van der Waals surface area (Å²) < 4.78 is 0. The van der Waals surface area contributed by atoms with Crippen molar-refractivity contribution in [1.82, 2.24) is 0 Å². The molecule has 0 saturated heterocycles. The smallest absolute Gasteiger partial charge is 0.0469 e. The Kier molecular flexibility index (Phi) is 5.11. The second-order valence-corrected chi connectivity index (χ2v) is 6.72. The van der Waals surface area contributed by atoms with Crippen LogP contribution in [0.25, 0.3) is 0 Å². The van der Waals surface area contributed by atoms with Crippen LogP contribution in [0.2, 0.25) is 0 Å². The first-order chi connectivity index (χ1) is 6.99. The zero-order valence-corrected chi connectivity index (χ0v) is 11.9. The predicted octanol–water partition coefficient (Wildman–Crippen LogP) is 3.84. The van der Waals surface area contributed by atoms with Crippen LogP contribution in [-0.2, 0) is 0 Å². The molecule has 90 valence electrons. The summed E-state index contributed by atoms with van der Waals surface area (Å²) in [4.78, 5) is 0. The standard InChI is InChI=1S/C13H25BrO/c1-13(2,3)12-6-4-10(5-7-12)11(8-14)9-15/h10-12,15H,4-9H2,1-3H3. The fourth-order valence-corrected chi connectivity index (χ4v) is 3.51. The quantitative estimate of drug-likeness (QED) is 0.777. The van der Waals surface area contributed by atoms with Crippen LogP contribution >= 0.6 is 15.9 Å². The number of aliphatic hydroxyl groups is 1. The maximum absolute atomic E-state index is 9.27. The van der Waals surface area contributed by atoms with Crippen molar-refractivity contribution in [3.8, 4) is 0 Å². The lowest BCUT2D eigenvalue weighted by molar-refractivity contribution is 0.104. The Morgan fingerprint density at radius 3 is 2.07 bits per heavy atom. The monoisotopic (exact) mass is 276 g/mol. The summed E-state index contributed by atoms with van der Waals surface area (Å²) in [6.45, 7) is 7.40. The SMILES string of the molecule is CC(C)(C)C1CCC(C(CO)CBr)CC1. The van der Waals surface area contributed by atoms with Gasteiger partial charge in [-0.15, -0.1) is 0 Å². The number of hydrogen-bond donors (Lipinski definition) is 1. The maximum Gasteiger partial charge on any atom is 0.0469 e. The number of alkyl halides is 1. The van der Waals surface area contributed by atoms with Crippen molar-refractivity contribution < 1.29 is 5.11 Å². The van der Waals surface area contributed by atoms with E-state index in [1.807, 2.05) is 0 Å². The Labute approximate surface area is 103 Å². The van der Waals surface area contributed by atoms with Gasteiger partial charge < -0.3 is 5.11 Å². The molecule has 1 aliphatic carbocycles. The summed E-state index contributed by atoms with van der Waals surface area (Å²) in [6.07, 6.45) is 5.30. The molecular weight excluding hydrogens is 252 g/mol. The summed E-state index contributed by atoms with van der Waals surface area (Å²) in [5, 5.41) is 10.2. The van der Waals surface area contributed by atoms with Gasteiger partial charge in [-0.2, -0.15) is 0 Å². The molecule has 1 unspecified atom stereocenters. The summed E-state index contributed by atoms with van der Waals surface area (Å²) in [6, 6.07) is 0. The Morgan fingerprint density at radius 1 is 1.20 bits per heavy atom. The lowest BCUT2D eigenvalue weighted by Gasteiger charge is -2.38. The van der Waals surface area contributed by atoms with Crippen molar-refractivity contribution in [3.63, 3.8) is 0 Å². The van der Waals surface area contributed by atoms with E-state index in [1.165, 1.54) is 25.7 Å². The molecule has 0 aromatic heterocycles. The Hall–Kier alpha value is 0.440. The molecule has 15 heavy (non-hydrogen) atoms. The summed E-state index contributed by atoms with van der Waals surface area (Å²) in [7, 11) is 0. The van der Waals surface area contributed by atoms with E-state index >= 15 is 0 Å². The Balaban J connectivity index is 2.42. The van der Waals surface area contributed by atoms with Gasteiger partial charge in [-0.25, -0.2) is 0 Å². The fraction of sp³-hybridized carbons (Fsp3) is 1.00. The first-order valence-corrected chi connectivity index (χ1v) is 7.28. The Bertz CT molecular complexity index is 173. The van der Waals surface area contributed by atoms with E-state index in [9.17, 15) is 5.11 Å². The molecule has 0 aromatic rings. The van der Waals surface area contributed by atoms with Crippen LogP contribution in [0, 0.1) is 23.2 Å². The predicted molar refractivity (Wildman–Crippen MR) is 69.3 cm³/mol. The van der Waals surface area contributed by atoms with Gasteiger partial charge in [-0.3, -0.25) is 0 Å². The topological polar surface area (TPSA) is 20.2 Å². The molecular formula is C13H25BrO. The van der Waals surface area contributed by atoms with E-state index in [1.54, 1.807) is 0 Å². The molecule has 1 fully saturated rings. The molecule has 1 aliphatic rings. The van der Waals surface area contributed by atoms with Crippen LogP contribution in [0.3, 0.4) is 0 Å². The lowest BCUT2D eigenvalue weighted by Crippen LogP contribution is -2.30. The van der Waals surface area contributed by atoms with E-state index in [2.05, 4.69) is 36.7 Å². The van der Waals surface area contributed by atoms with Crippen molar-refractivity contribution in [2.24, 2.45) is 23.2 Å². The van der Waals surface area contributed by atoms with E-state index in [0.717, 1.165) is 17.2 Å². The summed E-state index contributed by atoms with van der Waals surface area (Å²) >= 11 is 3.51. The van der Waals surface area contributed by atoms with Crippen LogP contribution in [0.15, 0.2) is 0 Å². The van der Waals surface area contributed by atoms with Crippen molar-refractivity contribution in [3.05, 3.63) is 0 Å². The first kappa shape index (κ1) is 13.5. The largest absolute Gasteiger partial charge is 0.396 e. The molecule has 0 radical (unpaired) electrons. The third-order valence-corrected chi connectivity index (χ3v) is 4.93. The normalized spacial score (nSPS) is 30.2. The summed E-state index contributed by atoms with van der Waals surface area (Å²) in [5.41, 5.74) is 0.466. The van der Waals surface area contributed by atoms with Gasteiger partial charge in [-0.1, -0.05) is 36.7 Å². The zero-order valence-electron chi connectivity index (χ0n) is 10.3. The second kappa shape index (κ2) is 5.67. The number of aliphatic hydroxyl groups excluding tert-OH is 1. The van der Waals surface area contributed by atoms with Crippen LogP contribution in [-0.4, -0.2) is 17.0 Å². The van der Waals surface area contributed by atoms with Gasteiger partial charge in [0.1, 0.15) is 0 Å². The van der Waals surface area contributed by atoms with Gasteiger partial charge in [0.05, 0.1) is 0 Å². The molecule has 0 heterocycles. The van der Waals surface area contributed by atoms with Gasteiger partial charge in [0.2, 0.25) is 0 Å². The highest BCUT2D eigenvalue weighted by Crippen LogP contribution is 2.41. The number of halogens is 1.